The molecule has 0 aliphatic carbocycles. The van der Waals surface area contributed by atoms with Crippen LogP contribution in [0.25, 0.3) is 0 Å². The van der Waals surface area contributed by atoms with Crippen molar-refractivity contribution in [1.29, 1.82) is 0 Å². The van der Waals surface area contributed by atoms with Crippen molar-refractivity contribution >= 4 is 17.9 Å². The van der Waals surface area contributed by atoms with Gasteiger partial charge in [-0.1, -0.05) is 19.9 Å². The number of aliphatic carboxylic acids is 2. The third-order valence-electron chi connectivity index (χ3n) is 1.28. The fourth-order valence-corrected chi connectivity index (χ4v) is 0.505. The van der Waals surface area contributed by atoms with Gasteiger partial charge in [-0.15, -0.1) is 0 Å². The molecule has 0 saturated heterocycles. The van der Waals surface area contributed by atoms with Crippen LogP contribution in [0.1, 0.15) is 19.8 Å². The van der Waals surface area contributed by atoms with Gasteiger partial charge in [-0.3, -0.25) is 0 Å². The molecule has 0 heterocycles. The Morgan fingerprint density at radius 1 is 1.18 bits per heavy atom. The Bertz CT molecular complexity index is 292. The maximum absolute atomic E-state index is 10.6. The van der Waals surface area contributed by atoms with Crippen molar-refractivity contribution in [3.8, 4) is 0 Å². The summed E-state index contributed by atoms with van der Waals surface area (Å²) in [7, 11) is 0. The van der Waals surface area contributed by atoms with Crippen LogP contribution in [0.5, 0.6) is 0 Å². The molecule has 0 aromatic rings. The van der Waals surface area contributed by atoms with Crippen molar-refractivity contribution in [3.63, 3.8) is 0 Å². The number of carbonyl (C=O) groups is 3. The molecule has 0 saturated carbocycles. The number of esters is 1. The number of hydrogen-bond acceptors (Lipinski definition) is 4. The molecule has 2 N–H and O–H groups in total. The van der Waals surface area contributed by atoms with Gasteiger partial charge in [-0.2, -0.15) is 0 Å². The molecular formula is C11H16O6. The normalized spacial score (nSPS) is 9.00. The lowest BCUT2D eigenvalue weighted by Crippen LogP contribution is -2.02. The molecule has 6 nitrogen and oxygen atoms in total. The second-order valence-electron chi connectivity index (χ2n) is 2.73. The molecule has 96 valence electrons. The van der Waals surface area contributed by atoms with Crippen LogP contribution in [0, 0.1) is 0 Å². The van der Waals surface area contributed by atoms with E-state index in [4.69, 9.17) is 10.2 Å². The summed E-state index contributed by atoms with van der Waals surface area (Å²) in [6.07, 6.45) is 4.23. The number of unbranched alkanes of at least 4 members (excludes halogenated alkanes) is 1. The summed E-state index contributed by atoms with van der Waals surface area (Å²) in [4.78, 5) is 29.8. The smallest absolute Gasteiger partial charge is 0.331 e. The highest BCUT2D eigenvalue weighted by atomic mass is 16.5. The second kappa shape index (κ2) is 12.0. The van der Waals surface area contributed by atoms with Crippen molar-refractivity contribution in [2.24, 2.45) is 0 Å². The summed E-state index contributed by atoms with van der Waals surface area (Å²) in [6, 6.07) is 0. The van der Waals surface area contributed by atoms with Gasteiger partial charge in [0.1, 0.15) is 0 Å². The molecule has 0 rings (SSSR count). The quantitative estimate of drug-likeness (QED) is 0.414. The zero-order valence-corrected chi connectivity index (χ0v) is 9.59. The van der Waals surface area contributed by atoms with E-state index in [9.17, 15) is 14.4 Å². The lowest BCUT2D eigenvalue weighted by Gasteiger charge is -1.97. The first-order chi connectivity index (χ1) is 7.93. The van der Waals surface area contributed by atoms with Crippen LogP contribution in [-0.4, -0.2) is 34.7 Å². The van der Waals surface area contributed by atoms with Gasteiger partial charge in [0, 0.05) is 18.2 Å². The van der Waals surface area contributed by atoms with Gasteiger partial charge >= 0.3 is 17.9 Å². The van der Waals surface area contributed by atoms with Gasteiger partial charge in [0.15, 0.2) is 0 Å². The predicted octanol–water partition coefficient (Wildman–Crippen LogP) is 1.23. The highest BCUT2D eigenvalue weighted by Gasteiger charge is 1.96. The average molecular weight is 244 g/mol. The fourth-order valence-electron chi connectivity index (χ4n) is 0.505. The molecule has 0 fully saturated rings. The topological polar surface area (TPSA) is 101 Å². The van der Waals surface area contributed by atoms with Crippen molar-refractivity contribution in [2.45, 2.75) is 19.8 Å². The van der Waals surface area contributed by atoms with E-state index in [1.165, 1.54) is 0 Å². The molecule has 0 spiro atoms. The Morgan fingerprint density at radius 3 is 2.06 bits per heavy atom. The Morgan fingerprint density at radius 2 is 1.71 bits per heavy atom. The van der Waals surface area contributed by atoms with Crippen molar-refractivity contribution in [2.75, 3.05) is 6.61 Å². The first-order valence-electron chi connectivity index (χ1n) is 4.87. The minimum atomic E-state index is -1.15. The molecule has 0 amide bonds. The first-order valence-corrected chi connectivity index (χ1v) is 4.87. The van der Waals surface area contributed by atoms with E-state index in [1.807, 2.05) is 6.92 Å². The SMILES string of the molecule is C=CC(=O)O.CCCCOC(=O)/C=C\C(=O)O. The summed E-state index contributed by atoms with van der Waals surface area (Å²) in [5.74, 6) is -2.74. The molecule has 0 unspecified atom stereocenters. The molecule has 0 aromatic carbocycles. The average Bonchev–Trinajstić information content (AvgIpc) is 2.27. The Hall–Kier alpha value is -2.11. The summed E-state index contributed by atoms with van der Waals surface area (Å²) in [6.45, 7) is 5.28. The highest BCUT2D eigenvalue weighted by Crippen LogP contribution is 1.89. The number of carboxylic acid groups (broad SMARTS) is 2. The molecule has 6 heteroatoms. The zero-order chi connectivity index (χ0) is 13.7. The van der Waals surface area contributed by atoms with E-state index in [2.05, 4.69) is 11.3 Å². The van der Waals surface area contributed by atoms with E-state index in [0.717, 1.165) is 31.1 Å². The van der Waals surface area contributed by atoms with Crippen LogP contribution in [0.2, 0.25) is 0 Å². The summed E-state index contributed by atoms with van der Waals surface area (Å²) in [5.41, 5.74) is 0. The van der Waals surface area contributed by atoms with Crippen molar-refractivity contribution < 1.29 is 29.3 Å². The minimum Gasteiger partial charge on any atom is -0.478 e. The third kappa shape index (κ3) is 20.1. The molecule has 17 heavy (non-hydrogen) atoms. The van der Waals surface area contributed by atoms with Gasteiger partial charge < -0.3 is 14.9 Å². The standard InChI is InChI=1S/C8H12O4.C3H4O2/c1-2-3-6-12-8(11)5-4-7(9)10;1-2-3(4)5/h4-5H,2-3,6H2,1H3,(H,9,10);2H,1H2,(H,4,5)/b5-4-;. The molecular weight excluding hydrogens is 228 g/mol. The van der Waals surface area contributed by atoms with Crippen LogP contribution >= 0.6 is 0 Å². The van der Waals surface area contributed by atoms with Crippen LogP contribution in [-0.2, 0) is 19.1 Å². The number of carboxylic acids is 2. The number of carbonyl (C=O) groups excluding carboxylic acids is 1. The van der Waals surface area contributed by atoms with Gasteiger partial charge in [0.2, 0.25) is 0 Å². The van der Waals surface area contributed by atoms with E-state index >= 15 is 0 Å². The van der Waals surface area contributed by atoms with E-state index < -0.39 is 17.9 Å². The lowest BCUT2D eigenvalue weighted by molar-refractivity contribution is -0.138. The monoisotopic (exact) mass is 244 g/mol. The lowest BCUT2D eigenvalue weighted by atomic mass is 10.4. The molecule has 0 bridgehead atoms. The van der Waals surface area contributed by atoms with Gasteiger partial charge in [-0.05, 0) is 6.42 Å². The molecule has 0 radical (unpaired) electrons. The number of rotatable bonds is 6. The molecule has 0 aliphatic rings. The highest BCUT2D eigenvalue weighted by molar-refractivity contribution is 5.90. The summed E-state index contributed by atoms with van der Waals surface area (Å²) >= 11 is 0. The Labute approximate surface area is 99.2 Å². The van der Waals surface area contributed by atoms with Crippen LogP contribution < -0.4 is 0 Å². The third-order valence-corrected chi connectivity index (χ3v) is 1.28. The maximum atomic E-state index is 10.6. The first kappa shape index (κ1) is 17.3. The molecule has 0 atom stereocenters. The Kier molecular flexibility index (Phi) is 12.2. The van der Waals surface area contributed by atoms with E-state index in [-0.39, 0.29) is 0 Å². The minimum absolute atomic E-state index is 0.347. The fraction of sp³-hybridized carbons (Fsp3) is 0.364. The van der Waals surface area contributed by atoms with Crippen LogP contribution in [0.3, 0.4) is 0 Å². The van der Waals surface area contributed by atoms with Gasteiger partial charge in [-0.25, -0.2) is 14.4 Å². The number of ether oxygens (including phenoxy) is 1. The van der Waals surface area contributed by atoms with Gasteiger partial charge in [0.05, 0.1) is 6.61 Å². The van der Waals surface area contributed by atoms with Crippen LogP contribution in [0.15, 0.2) is 24.8 Å². The molecule has 0 aromatic heterocycles. The Balaban J connectivity index is 0. The maximum Gasteiger partial charge on any atom is 0.331 e. The largest absolute Gasteiger partial charge is 0.478 e. The predicted molar refractivity (Wildman–Crippen MR) is 60.5 cm³/mol. The molecule has 0 aliphatic heterocycles. The van der Waals surface area contributed by atoms with Crippen LogP contribution in [0.4, 0.5) is 0 Å². The summed E-state index contributed by atoms with van der Waals surface area (Å²) < 4.78 is 4.64. The second-order valence-corrected chi connectivity index (χ2v) is 2.73. The van der Waals surface area contributed by atoms with E-state index in [1.54, 1.807) is 0 Å². The van der Waals surface area contributed by atoms with Crippen molar-refractivity contribution in [3.05, 3.63) is 24.8 Å². The van der Waals surface area contributed by atoms with Crippen molar-refractivity contribution in [1.82, 2.24) is 0 Å². The zero-order valence-electron chi connectivity index (χ0n) is 9.59. The van der Waals surface area contributed by atoms with E-state index in [0.29, 0.717) is 6.61 Å². The number of hydrogen-bond donors (Lipinski definition) is 2. The van der Waals surface area contributed by atoms with Gasteiger partial charge in [0.25, 0.3) is 0 Å². The summed E-state index contributed by atoms with van der Waals surface area (Å²) in [5, 5.41) is 15.7.